The smallest absolute Gasteiger partial charge is 0.223 e. The van der Waals surface area contributed by atoms with Crippen LogP contribution in [-0.4, -0.2) is 57.5 Å². The molecule has 1 aromatic rings. The molecule has 1 amide bonds. The zero-order valence-electron chi connectivity index (χ0n) is 14.5. The summed E-state index contributed by atoms with van der Waals surface area (Å²) >= 11 is 1.67. The van der Waals surface area contributed by atoms with Gasteiger partial charge in [0.05, 0.1) is 14.2 Å². The third-order valence-electron chi connectivity index (χ3n) is 4.07. The van der Waals surface area contributed by atoms with Crippen LogP contribution < -0.4 is 14.8 Å². The maximum absolute atomic E-state index is 12.3. The predicted molar refractivity (Wildman–Crippen MR) is 101 cm³/mol. The minimum Gasteiger partial charge on any atom is -0.493 e. The molecule has 1 atom stereocenters. The van der Waals surface area contributed by atoms with Gasteiger partial charge in [0.25, 0.3) is 0 Å². The van der Waals surface area contributed by atoms with E-state index in [4.69, 9.17) is 9.47 Å². The molecule has 0 spiro atoms. The van der Waals surface area contributed by atoms with E-state index >= 15 is 0 Å². The molecule has 0 bridgehead atoms. The van der Waals surface area contributed by atoms with E-state index < -0.39 is 0 Å². The lowest BCUT2D eigenvalue weighted by molar-refractivity contribution is -0.129. The van der Waals surface area contributed by atoms with Crippen molar-refractivity contribution in [3.63, 3.8) is 0 Å². The molecule has 1 saturated heterocycles. The molecule has 5 nitrogen and oxygen atoms in total. The number of rotatable bonds is 8. The molecule has 0 aromatic heterocycles. The number of thioether (sulfide) groups is 1. The van der Waals surface area contributed by atoms with Crippen LogP contribution in [0.4, 0.5) is 0 Å². The number of carbonyl (C=O) groups is 1. The first-order chi connectivity index (χ1) is 11.2. The molecule has 1 N–H and O–H groups in total. The highest BCUT2D eigenvalue weighted by atomic mass is 35.5. The van der Waals surface area contributed by atoms with Gasteiger partial charge in [-0.15, -0.1) is 24.2 Å². The molecule has 136 valence electrons. The lowest BCUT2D eigenvalue weighted by atomic mass is 10.1. The number of ether oxygens (including phenoxy) is 2. The van der Waals surface area contributed by atoms with Gasteiger partial charge in [0.15, 0.2) is 11.5 Å². The number of methoxy groups -OCH3 is 2. The van der Waals surface area contributed by atoms with Crippen molar-refractivity contribution >= 4 is 30.1 Å². The van der Waals surface area contributed by atoms with Crippen LogP contribution in [0.25, 0.3) is 0 Å². The minimum atomic E-state index is 0. The molecule has 1 unspecified atom stereocenters. The number of nitrogens with one attached hydrogen (secondary N) is 1. The molecule has 0 saturated carbocycles. The summed E-state index contributed by atoms with van der Waals surface area (Å²) in [7, 11) is 5.22. The third-order valence-corrected chi connectivity index (χ3v) is 5.07. The highest BCUT2D eigenvalue weighted by Gasteiger charge is 2.25. The number of hydrogen-bond acceptors (Lipinski definition) is 5. The number of amides is 1. The van der Waals surface area contributed by atoms with Crippen LogP contribution >= 0.6 is 24.2 Å². The van der Waals surface area contributed by atoms with E-state index in [1.807, 2.05) is 30.1 Å². The van der Waals surface area contributed by atoms with E-state index in [9.17, 15) is 4.79 Å². The van der Waals surface area contributed by atoms with E-state index in [2.05, 4.69) is 5.32 Å². The average Bonchev–Trinajstić information content (AvgIpc) is 3.03. The van der Waals surface area contributed by atoms with Gasteiger partial charge in [0, 0.05) is 30.2 Å². The highest BCUT2D eigenvalue weighted by Crippen LogP contribution is 2.32. The number of nitrogens with zero attached hydrogens (tertiary/aromatic N) is 1. The fourth-order valence-electron chi connectivity index (χ4n) is 2.84. The summed E-state index contributed by atoms with van der Waals surface area (Å²) in [6, 6.07) is 5.84. The molecule has 2 rings (SSSR count). The van der Waals surface area contributed by atoms with Gasteiger partial charge in [-0.1, -0.05) is 0 Å². The predicted octanol–water partition coefficient (Wildman–Crippen LogP) is 2.68. The lowest BCUT2D eigenvalue weighted by Crippen LogP contribution is -2.30. The van der Waals surface area contributed by atoms with Gasteiger partial charge < -0.3 is 19.7 Å². The van der Waals surface area contributed by atoms with Crippen molar-refractivity contribution in [1.29, 1.82) is 0 Å². The van der Waals surface area contributed by atoms with Crippen LogP contribution in [0.1, 0.15) is 12.8 Å². The van der Waals surface area contributed by atoms with Gasteiger partial charge >= 0.3 is 0 Å². The van der Waals surface area contributed by atoms with Crippen molar-refractivity contribution in [2.45, 2.75) is 17.7 Å². The Bertz CT molecular complexity index is 531. The summed E-state index contributed by atoms with van der Waals surface area (Å²) in [4.78, 5) is 15.3. The van der Waals surface area contributed by atoms with Gasteiger partial charge in [-0.05, 0) is 44.1 Å². The topological polar surface area (TPSA) is 50.8 Å². The Hall–Kier alpha value is -1.11. The number of carbonyl (C=O) groups excluding carboxylic acids is 1. The Labute approximate surface area is 154 Å². The monoisotopic (exact) mass is 374 g/mol. The fraction of sp³-hybridized carbons (Fsp3) is 0.588. The lowest BCUT2D eigenvalue weighted by Gasteiger charge is -2.16. The summed E-state index contributed by atoms with van der Waals surface area (Å²) in [6.07, 6.45) is 1.68. The second-order valence-corrected chi connectivity index (χ2v) is 6.84. The third kappa shape index (κ3) is 5.76. The van der Waals surface area contributed by atoms with E-state index in [1.54, 1.807) is 26.0 Å². The van der Waals surface area contributed by atoms with Crippen LogP contribution in [0.2, 0.25) is 0 Å². The van der Waals surface area contributed by atoms with E-state index in [0.29, 0.717) is 12.3 Å². The van der Waals surface area contributed by atoms with E-state index in [-0.39, 0.29) is 18.3 Å². The Morgan fingerprint density at radius 2 is 2.08 bits per heavy atom. The largest absolute Gasteiger partial charge is 0.493 e. The normalized spacial score (nSPS) is 16.6. The zero-order chi connectivity index (χ0) is 16.7. The van der Waals surface area contributed by atoms with Gasteiger partial charge in [-0.2, -0.15) is 0 Å². The number of likely N-dealkylation sites (tertiary alicyclic amines) is 1. The van der Waals surface area contributed by atoms with Crippen LogP contribution in [0, 0.1) is 5.92 Å². The van der Waals surface area contributed by atoms with Gasteiger partial charge in [0.1, 0.15) is 0 Å². The van der Waals surface area contributed by atoms with Gasteiger partial charge in [0.2, 0.25) is 5.91 Å². The van der Waals surface area contributed by atoms with Gasteiger partial charge in [-0.3, -0.25) is 4.79 Å². The Kier molecular flexibility index (Phi) is 9.33. The summed E-state index contributed by atoms with van der Waals surface area (Å²) in [5, 5.41) is 3.19. The maximum Gasteiger partial charge on any atom is 0.223 e. The molecule has 1 aliphatic rings. The average molecular weight is 375 g/mol. The minimum absolute atomic E-state index is 0. The highest BCUT2D eigenvalue weighted by molar-refractivity contribution is 7.99. The van der Waals surface area contributed by atoms with E-state index in [1.165, 1.54) is 0 Å². The first kappa shape index (κ1) is 20.9. The van der Waals surface area contributed by atoms with Crippen molar-refractivity contribution in [1.82, 2.24) is 10.2 Å². The number of benzene rings is 1. The Balaban J connectivity index is 0.00000288. The summed E-state index contributed by atoms with van der Waals surface area (Å²) in [6.45, 7) is 2.77. The SMILES string of the molecule is CNCC1CCN(C(=O)CCSc2ccc(OC)c(OC)c2)C1.Cl. The quantitative estimate of drug-likeness (QED) is 0.709. The maximum atomic E-state index is 12.3. The molecule has 1 fully saturated rings. The number of hydrogen-bond donors (Lipinski definition) is 1. The second kappa shape index (κ2) is 10.7. The zero-order valence-corrected chi connectivity index (χ0v) is 16.2. The summed E-state index contributed by atoms with van der Waals surface area (Å²) < 4.78 is 10.5. The van der Waals surface area contributed by atoms with Crippen LogP contribution in [0.15, 0.2) is 23.1 Å². The van der Waals surface area contributed by atoms with Crippen LogP contribution in [-0.2, 0) is 4.79 Å². The standard InChI is InChI=1S/C17H26N2O3S.ClH/c1-18-11-13-6-8-19(12-13)17(20)7-9-23-14-4-5-15(21-2)16(10-14)22-3;/h4-5,10,13,18H,6-9,11-12H2,1-3H3;1H. The molecule has 0 radical (unpaired) electrons. The summed E-state index contributed by atoms with van der Waals surface area (Å²) in [5.41, 5.74) is 0. The molecule has 24 heavy (non-hydrogen) atoms. The molecule has 1 heterocycles. The molecular weight excluding hydrogens is 348 g/mol. The Morgan fingerprint density at radius 3 is 2.75 bits per heavy atom. The number of halogens is 1. The van der Waals surface area contributed by atoms with Crippen molar-refractivity contribution < 1.29 is 14.3 Å². The molecule has 7 heteroatoms. The van der Waals surface area contributed by atoms with Crippen molar-refractivity contribution in [2.75, 3.05) is 46.7 Å². The molecular formula is C17H27ClN2O3S. The fourth-order valence-corrected chi connectivity index (χ4v) is 3.70. The van der Waals surface area contributed by atoms with Crippen molar-refractivity contribution in [2.24, 2.45) is 5.92 Å². The first-order valence-electron chi connectivity index (χ1n) is 7.95. The summed E-state index contributed by atoms with van der Waals surface area (Å²) in [5.74, 6) is 3.08. The van der Waals surface area contributed by atoms with Crippen LogP contribution in [0.5, 0.6) is 11.5 Å². The molecule has 1 aromatic carbocycles. The second-order valence-electron chi connectivity index (χ2n) is 5.67. The molecule has 1 aliphatic heterocycles. The van der Waals surface area contributed by atoms with Crippen molar-refractivity contribution in [3.05, 3.63) is 18.2 Å². The first-order valence-corrected chi connectivity index (χ1v) is 8.93. The van der Waals surface area contributed by atoms with Crippen LogP contribution in [0.3, 0.4) is 0 Å². The van der Waals surface area contributed by atoms with Gasteiger partial charge in [-0.25, -0.2) is 0 Å². The van der Waals surface area contributed by atoms with Crippen molar-refractivity contribution in [3.8, 4) is 11.5 Å². The molecule has 0 aliphatic carbocycles. The Morgan fingerprint density at radius 1 is 1.33 bits per heavy atom. The van der Waals surface area contributed by atoms with E-state index in [0.717, 1.165) is 48.2 Å².